The Morgan fingerprint density at radius 2 is 2.00 bits per heavy atom. The lowest BCUT2D eigenvalue weighted by atomic mass is 10.0. The molecule has 0 radical (unpaired) electrons. The number of rotatable bonds is 5. The lowest BCUT2D eigenvalue weighted by Crippen LogP contribution is -2.29. The van der Waals surface area contributed by atoms with Gasteiger partial charge in [0.2, 0.25) is 5.91 Å². The first-order chi connectivity index (χ1) is 13.6. The van der Waals surface area contributed by atoms with E-state index in [4.69, 9.17) is 0 Å². The van der Waals surface area contributed by atoms with Crippen LogP contribution in [0.3, 0.4) is 0 Å². The van der Waals surface area contributed by atoms with Crippen LogP contribution in [0.1, 0.15) is 39.3 Å². The zero-order chi connectivity index (χ0) is 19.5. The number of aryl methyl sites for hydroxylation is 1. The first-order valence-corrected chi connectivity index (χ1v) is 11.0. The van der Waals surface area contributed by atoms with Crippen LogP contribution in [0.25, 0.3) is 0 Å². The molecule has 0 saturated heterocycles. The van der Waals surface area contributed by atoms with Gasteiger partial charge in [0.05, 0.1) is 17.5 Å². The summed E-state index contributed by atoms with van der Waals surface area (Å²) in [6.45, 7) is 2.13. The van der Waals surface area contributed by atoms with Crippen molar-refractivity contribution in [1.29, 1.82) is 0 Å². The fourth-order valence-corrected chi connectivity index (χ4v) is 4.75. The number of fused-ring (bicyclic) bond motifs is 1. The van der Waals surface area contributed by atoms with Crippen molar-refractivity contribution < 1.29 is 9.59 Å². The number of thiophene rings is 1. The van der Waals surface area contributed by atoms with E-state index in [-0.39, 0.29) is 17.9 Å². The van der Waals surface area contributed by atoms with Crippen LogP contribution in [0.15, 0.2) is 64.9 Å². The minimum atomic E-state index is -0.210. The number of amides is 2. The zero-order valence-electron chi connectivity index (χ0n) is 15.4. The van der Waals surface area contributed by atoms with Crippen LogP contribution in [0.5, 0.6) is 0 Å². The summed E-state index contributed by atoms with van der Waals surface area (Å²) in [7, 11) is 0. The minimum Gasteiger partial charge on any atom is -0.340 e. The molecule has 4 nitrogen and oxygen atoms in total. The zero-order valence-corrected chi connectivity index (χ0v) is 17.0. The predicted molar refractivity (Wildman–Crippen MR) is 115 cm³/mol. The van der Waals surface area contributed by atoms with Gasteiger partial charge in [0.1, 0.15) is 0 Å². The second-order valence-corrected chi connectivity index (χ2v) is 8.56. The molecule has 3 aromatic rings. The van der Waals surface area contributed by atoms with Gasteiger partial charge in [-0.1, -0.05) is 37.3 Å². The maximum absolute atomic E-state index is 13.0. The van der Waals surface area contributed by atoms with Gasteiger partial charge in [0.25, 0.3) is 5.91 Å². The Balaban J connectivity index is 1.60. The molecule has 1 aliphatic rings. The molecular formula is C22H20N2O2S2. The van der Waals surface area contributed by atoms with E-state index in [0.717, 1.165) is 21.8 Å². The largest absolute Gasteiger partial charge is 0.340 e. The van der Waals surface area contributed by atoms with E-state index < -0.39 is 0 Å². The number of thioether (sulfide) groups is 1. The molecule has 1 aliphatic heterocycles. The quantitative estimate of drug-likeness (QED) is 0.633. The van der Waals surface area contributed by atoms with Crippen molar-refractivity contribution in [2.45, 2.75) is 24.3 Å². The molecule has 28 heavy (non-hydrogen) atoms. The van der Waals surface area contributed by atoms with Gasteiger partial charge < -0.3 is 10.6 Å². The average Bonchev–Trinajstić information content (AvgIpc) is 3.26. The molecule has 0 fully saturated rings. The van der Waals surface area contributed by atoms with Gasteiger partial charge in [-0.3, -0.25) is 9.59 Å². The van der Waals surface area contributed by atoms with Crippen molar-refractivity contribution in [2.75, 3.05) is 11.1 Å². The maximum Gasteiger partial charge on any atom is 0.252 e. The number of carbonyl (C=O) groups is 2. The second kappa shape index (κ2) is 8.20. The molecule has 2 aromatic carbocycles. The van der Waals surface area contributed by atoms with Crippen LogP contribution in [-0.2, 0) is 11.2 Å². The fourth-order valence-electron chi connectivity index (χ4n) is 3.16. The Labute approximate surface area is 172 Å². The summed E-state index contributed by atoms with van der Waals surface area (Å²) in [4.78, 5) is 26.7. The van der Waals surface area contributed by atoms with Gasteiger partial charge in [0, 0.05) is 15.3 Å². The van der Waals surface area contributed by atoms with Gasteiger partial charge in [0.15, 0.2) is 0 Å². The average molecular weight is 409 g/mol. The molecule has 1 unspecified atom stereocenters. The summed E-state index contributed by atoms with van der Waals surface area (Å²) < 4.78 is 0. The van der Waals surface area contributed by atoms with E-state index in [1.165, 1.54) is 17.3 Å². The van der Waals surface area contributed by atoms with Crippen molar-refractivity contribution in [1.82, 2.24) is 5.32 Å². The van der Waals surface area contributed by atoms with E-state index in [9.17, 15) is 9.59 Å². The highest BCUT2D eigenvalue weighted by atomic mass is 32.2. The Morgan fingerprint density at radius 1 is 1.18 bits per heavy atom. The molecular weight excluding hydrogens is 388 g/mol. The molecule has 2 N–H and O–H groups in total. The molecule has 1 aromatic heterocycles. The molecule has 0 aliphatic carbocycles. The Kier molecular flexibility index (Phi) is 5.50. The van der Waals surface area contributed by atoms with Crippen LogP contribution < -0.4 is 10.6 Å². The summed E-state index contributed by atoms with van der Waals surface area (Å²) in [6, 6.07) is 17.6. The number of hydrogen-bond donors (Lipinski definition) is 2. The van der Waals surface area contributed by atoms with E-state index in [1.807, 2.05) is 29.6 Å². The highest BCUT2D eigenvalue weighted by molar-refractivity contribution is 8.00. The maximum atomic E-state index is 13.0. The van der Waals surface area contributed by atoms with E-state index in [2.05, 4.69) is 41.8 Å². The van der Waals surface area contributed by atoms with Gasteiger partial charge in [-0.25, -0.2) is 0 Å². The summed E-state index contributed by atoms with van der Waals surface area (Å²) in [5.41, 5.74) is 3.56. The first-order valence-electron chi connectivity index (χ1n) is 9.14. The third-order valence-electron chi connectivity index (χ3n) is 4.70. The molecule has 2 heterocycles. The molecule has 2 amide bonds. The lowest BCUT2D eigenvalue weighted by Gasteiger charge is -2.20. The van der Waals surface area contributed by atoms with Crippen LogP contribution in [0, 0.1) is 0 Å². The lowest BCUT2D eigenvalue weighted by molar-refractivity contribution is -0.113. The smallest absolute Gasteiger partial charge is 0.252 e. The Morgan fingerprint density at radius 3 is 2.71 bits per heavy atom. The van der Waals surface area contributed by atoms with Crippen LogP contribution in [0.2, 0.25) is 0 Å². The van der Waals surface area contributed by atoms with Crippen molar-refractivity contribution in [3.05, 3.63) is 81.5 Å². The number of hydrogen-bond acceptors (Lipinski definition) is 4. The van der Waals surface area contributed by atoms with Gasteiger partial charge in [-0.05, 0) is 47.2 Å². The number of nitrogens with one attached hydrogen (secondary N) is 2. The van der Waals surface area contributed by atoms with Crippen molar-refractivity contribution >= 4 is 40.6 Å². The Hall–Kier alpha value is -2.57. The molecule has 0 saturated carbocycles. The van der Waals surface area contributed by atoms with Gasteiger partial charge in [-0.2, -0.15) is 0 Å². The second-order valence-electron chi connectivity index (χ2n) is 6.56. The summed E-state index contributed by atoms with van der Waals surface area (Å²) in [5, 5.41) is 8.02. The molecule has 6 heteroatoms. The molecule has 142 valence electrons. The number of carbonyl (C=O) groups excluding carboxylic acids is 2. The fraction of sp³-hybridized carbons (Fsp3) is 0.182. The molecule has 0 bridgehead atoms. The molecule has 0 spiro atoms. The predicted octanol–water partition coefficient (Wildman–Crippen LogP) is 4.87. The van der Waals surface area contributed by atoms with Crippen LogP contribution in [0.4, 0.5) is 5.69 Å². The third kappa shape index (κ3) is 3.98. The first kappa shape index (κ1) is 18.8. The highest BCUT2D eigenvalue weighted by Gasteiger charge is 2.21. The SMILES string of the molecule is CCc1ccc(C(NC(=O)c2ccc3c(c2)NC(=O)CS3)c2cccs2)cc1. The third-order valence-corrected chi connectivity index (χ3v) is 6.71. The van der Waals surface area contributed by atoms with Crippen molar-refractivity contribution in [3.63, 3.8) is 0 Å². The van der Waals surface area contributed by atoms with Crippen LogP contribution >= 0.6 is 23.1 Å². The number of anilines is 1. The molecule has 1 atom stereocenters. The summed E-state index contributed by atoms with van der Waals surface area (Å²) in [5.74, 6) is 0.209. The van der Waals surface area contributed by atoms with Gasteiger partial charge >= 0.3 is 0 Å². The minimum absolute atomic E-state index is 0.0393. The monoisotopic (exact) mass is 408 g/mol. The van der Waals surface area contributed by atoms with Crippen molar-refractivity contribution in [3.8, 4) is 0 Å². The van der Waals surface area contributed by atoms with E-state index in [1.54, 1.807) is 17.4 Å². The highest BCUT2D eigenvalue weighted by Crippen LogP contribution is 2.32. The normalized spacial score (nSPS) is 14.1. The summed E-state index contributed by atoms with van der Waals surface area (Å²) >= 11 is 3.11. The summed E-state index contributed by atoms with van der Waals surface area (Å²) in [6.07, 6.45) is 0.981. The van der Waals surface area contributed by atoms with Crippen molar-refractivity contribution in [2.24, 2.45) is 0 Å². The van der Waals surface area contributed by atoms with E-state index >= 15 is 0 Å². The molecule has 4 rings (SSSR count). The van der Waals surface area contributed by atoms with Crippen LogP contribution in [-0.4, -0.2) is 17.6 Å². The van der Waals surface area contributed by atoms with Gasteiger partial charge in [-0.15, -0.1) is 23.1 Å². The van der Waals surface area contributed by atoms with E-state index in [0.29, 0.717) is 17.0 Å². The number of benzene rings is 2. The standard InChI is InChI=1S/C22H20N2O2S2/c1-2-14-5-7-15(8-6-14)21(19-4-3-11-27-19)24-22(26)16-9-10-18-17(12-16)23-20(25)13-28-18/h3-12,21H,2,13H2,1H3,(H,23,25)(H,24,26). The topological polar surface area (TPSA) is 58.2 Å². The Bertz CT molecular complexity index is 998.